The van der Waals surface area contributed by atoms with Crippen molar-refractivity contribution in [2.75, 3.05) is 6.54 Å². The third-order valence-electron chi connectivity index (χ3n) is 4.70. The van der Waals surface area contributed by atoms with Crippen LogP contribution in [-0.4, -0.2) is 12.1 Å². The fraction of sp³-hybridized carbons (Fsp3) is 0.647. The summed E-state index contributed by atoms with van der Waals surface area (Å²) < 4.78 is 6.11. The van der Waals surface area contributed by atoms with Crippen molar-refractivity contribution < 1.29 is 4.74 Å². The van der Waals surface area contributed by atoms with Gasteiger partial charge in [0, 0.05) is 25.1 Å². The second-order valence-corrected chi connectivity index (χ2v) is 6.90. The minimum absolute atomic E-state index is 0.0421. The fourth-order valence-electron chi connectivity index (χ4n) is 3.11. The van der Waals surface area contributed by atoms with Crippen LogP contribution in [0.4, 0.5) is 0 Å². The van der Waals surface area contributed by atoms with Crippen LogP contribution in [0.2, 0.25) is 0 Å². The lowest BCUT2D eigenvalue weighted by molar-refractivity contribution is 0.137. The van der Waals surface area contributed by atoms with E-state index in [1.54, 1.807) is 0 Å². The third kappa shape index (κ3) is 2.64. The lowest BCUT2D eigenvalue weighted by atomic mass is 10.0. The Labute approximate surface area is 116 Å². The molecule has 0 saturated heterocycles. The van der Waals surface area contributed by atoms with Crippen LogP contribution in [0.1, 0.15) is 51.2 Å². The third-order valence-corrected chi connectivity index (χ3v) is 4.70. The highest BCUT2D eigenvalue weighted by Gasteiger charge is 2.40. The Morgan fingerprint density at radius 2 is 2.05 bits per heavy atom. The van der Waals surface area contributed by atoms with Crippen molar-refractivity contribution in [1.82, 2.24) is 5.32 Å². The van der Waals surface area contributed by atoms with Gasteiger partial charge in [-0.25, -0.2) is 0 Å². The highest BCUT2D eigenvalue weighted by atomic mass is 16.5. The van der Waals surface area contributed by atoms with Gasteiger partial charge in [0.1, 0.15) is 11.4 Å². The van der Waals surface area contributed by atoms with Gasteiger partial charge in [-0.2, -0.15) is 0 Å². The molecule has 3 rings (SSSR count). The van der Waals surface area contributed by atoms with Gasteiger partial charge in [0.05, 0.1) is 0 Å². The van der Waals surface area contributed by atoms with Gasteiger partial charge in [-0.05, 0) is 44.1 Å². The zero-order valence-corrected chi connectivity index (χ0v) is 12.4. The van der Waals surface area contributed by atoms with Gasteiger partial charge >= 0.3 is 0 Å². The molecule has 0 amide bonds. The molecule has 1 fully saturated rings. The highest BCUT2D eigenvalue weighted by molar-refractivity contribution is 5.45. The van der Waals surface area contributed by atoms with E-state index in [2.05, 4.69) is 44.3 Å². The molecule has 0 radical (unpaired) electrons. The van der Waals surface area contributed by atoms with Crippen molar-refractivity contribution in [2.24, 2.45) is 5.41 Å². The standard InChI is InChI=1S/C17H25NO/c1-4-17(8-9-17)12-18-11-14-7-5-6-13-10-16(2,3)19-15(13)14/h5-7,18H,4,8-12H2,1-3H3. The van der Waals surface area contributed by atoms with Crippen molar-refractivity contribution in [1.29, 1.82) is 0 Å². The summed E-state index contributed by atoms with van der Waals surface area (Å²) in [6.45, 7) is 8.72. The molecule has 1 saturated carbocycles. The summed E-state index contributed by atoms with van der Waals surface area (Å²) >= 11 is 0. The summed E-state index contributed by atoms with van der Waals surface area (Å²) in [6.07, 6.45) is 5.12. The van der Waals surface area contributed by atoms with Gasteiger partial charge in [0.25, 0.3) is 0 Å². The zero-order valence-electron chi connectivity index (χ0n) is 12.4. The minimum atomic E-state index is -0.0421. The Kier molecular flexibility index (Phi) is 3.09. The minimum Gasteiger partial charge on any atom is -0.487 e. The first kappa shape index (κ1) is 13.0. The molecular formula is C17H25NO. The molecule has 1 aliphatic carbocycles. The number of fused-ring (bicyclic) bond motifs is 1. The molecule has 1 aliphatic heterocycles. The summed E-state index contributed by atoms with van der Waals surface area (Å²) in [7, 11) is 0. The SMILES string of the molecule is CCC1(CNCc2cccc3c2OC(C)(C)C3)CC1. The van der Waals surface area contributed by atoms with Gasteiger partial charge in [-0.15, -0.1) is 0 Å². The van der Waals surface area contributed by atoms with E-state index >= 15 is 0 Å². The summed E-state index contributed by atoms with van der Waals surface area (Å²) in [4.78, 5) is 0. The molecule has 2 heteroatoms. The predicted octanol–water partition coefficient (Wildman–Crippen LogP) is 3.68. The number of rotatable bonds is 5. The first-order chi connectivity index (χ1) is 9.04. The molecule has 104 valence electrons. The molecule has 1 aromatic rings. The van der Waals surface area contributed by atoms with E-state index in [9.17, 15) is 0 Å². The van der Waals surface area contributed by atoms with E-state index in [1.165, 1.54) is 30.4 Å². The number of ether oxygens (including phenoxy) is 1. The Morgan fingerprint density at radius 1 is 1.26 bits per heavy atom. The number of hydrogen-bond donors (Lipinski definition) is 1. The Balaban J connectivity index is 1.65. The number of hydrogen-bond acceptors (Lipinski definition) is 2. The van der Waals surface area contributed by atoms with Gasteiger partial charge in [0.15, 0.2) is 0 Å². The number of para-hydroxylation sites is 1. The zero-order chi connectivity index (χ0) is 13.5. The summed E-state index contributed by atoms with van der Waals surface area (Å²) in [5, 5.41) is 3.63. The van der Waals surface area contributed by atoms with E-state index in [0.717, 1.165) is 25.3 Å². The maximum Gasteiger partial charge on any atom is 0.127 e. The van der Waals surface area contributed by atoms with Crippen LogP contribution < -0.4 is 10.1 Å². The lowest BCUT2D eigenvalue weighted by Gasteiger charge is -2.19. The van der Waals surface area contributed by atoms with Crippen molar-refractivity contribution in [3.05, 3.63) is 29.3 Å². The first-order valence-electron chi connectivity index (χ1n) is 7.54. The summed E-state index contributed by atoms with van der Waals surface area (Å²) in [5.74, 6) is 1.13. The van der Waals surface area contributed by atoms with Crippen molar-refractivity contribution >= 4 is 0 Å². The van der Waals surface area contributed by atoms with E-state index in [-0.39, 0.29) is 5.60 Å². The molecule has 0 atom stereocenters. The molecule has 1 N–H and O–H groups in total. The van der Waals surface area contributed by atoms with Crippen LogP contribution in [0, 0.1) is 5.41 Å². The maximum absolute atomic E-state index is 6.11. The molecule has 0 unspecified atom stereocenters. The normalized spacial score (nSPS) is 21.8. The summed E-state index contributed by atoms with van der Waals surface area (Å²) in [6, 6.07) is 6.55. The summed E-state index contributed by atoms with van der Waals surface area (Å²) in [5.41, 5.74) is 3.24. The highest BCUT2D eigenvalue weighted by Crippen LogP contribution is 2.48. The van der Waals surface area contributed by atoms with Crippen molar-refractivity contribution in [2.45, 2.75) is 58.6 Å². The molecule has 19 heavy (non-hydrogen) atoms. The Bertz CT molecular complexity index is 474. The van der Waals surface area contributed by atoms with E-state index < -0.39 is 0 Å². The molecular weight excluding hydrogens is 234 g/mol. The van der Waals surface area contributed by atoms with Crippen molar-refractivity contribution in [3.8, 4) is 5.75 Å². The number of nitrogens with one attached hydrogen (secondary N) is 1. The van der Waals surface area contributed by atoms with Gasteiger partial charge in [-0.1, -0.05) is 25.1 Å². The van der Waals surface area contributed by atoms with Crippen LogP contribution in [0.5, 0.6) is 5.75 Å². The molecule has 2 nitrogen and oxygen atoms in total. The van der Waals surface area contributed by atoms with Crippen molar-refractivity contribution in [3.63, 3.8) is 0 Å². The van der Waals surface area contributed by atoms with Gasteiger partial charge in [0.2, 0.25) is 0 Å². The van der Waals surface area contributed by atoms with Crippen LogP contribution in [0.25, 0.3) is 0 Å². The molecule has 2 aliphatic rings. The van der Waals surface area contributed by atoms with Crippen LogP contribution in [0.3, 0.4) is 0 Å². The van der Waals surface area contributed by atoms with E-state index in [1.807, 2.05) is 0 Å². The average Bonchev–Trinajstić information content (AvgIpc) is 3.06. The first-order valence-corrected chi connectivity index (χ1v) is 7.54. The van der Waals surface area contributed by atoms with Crippen LogP contribution in [0.15, 0.2) is 18.2 Å². The smallest absolute Gasteiger partial charge is 0.127 e. The topological polar surface area (TPSA) is 21.3 Å². The quantitative estimate of drug-likeness (QED) is 0.871. The predicted molar refractivity (Wildman–Crippen MR) is 78.5 cm³/mol. The van der Waals surface area contributed by atoms with Gasteiger partial charge in [-0.3, -0.25) is 0 Å². The second-order valence-electron chi connectivity index (χ2n) is 6.90. The van der Waals surface area contributed by atoms with E-state index in [0.29, 0.717) is 5.41 Å². The molecule has 1 heterocycles. The molecule has 0 bridgehead atoms. The Morgan fingerprint density at radius 3 is 2.74 bits per heavy atom. The van der Waals surface area contributed by atoms with E-state index in [4.69, 9.17) is 4.74 Å². The van der Waals surface area contributed by atoms with Crippen LogP contribution >= 0.6 is 0 Å². The lowest BCUT2D eigenvalue weighted by Crippen LogP contribution is -2.26. The molecule has 1 aromatic carbocycles. The second kappa shape index (κ2) is 4.52. The molecule has 0 spiro atoms. The maximum atomic E-state index is 6.11. The monoisotopic (exact) mass is 259 g/mol. The van der Waals surface area contributed by atoms with Gasteiger partial charge < -0.3 is 10.1 Å². The largest absolute Gasteiger partial charge is 0.487 e. The fourth-order valence-corrected chi connectivity index (χ4v) is 3.11. The van der Waals surface area contributed by atoms with Crippen LogP contribution in [-0.2, 0) is 13.0 Å². The Hall–Kier alpha value is -1.02. The number of benzene rings is 1. The average molecular weight is 259 g/mol. The molecule has 0 aromatic heterocycles.